The van der Waals surface area contributed by atoms with Crippen molar-refractivity contribution in [3.63, 3.8) is 0 Å². The molecule has 0 unspecified atom stereocenters. The molecule has 1 saturated heterocycles. The number of rotatable bonds is 2. The molecule has 0 N–H and O–H groups in total. The molecule has 28 heavy (non-hydrogen) atoms. The fourth-order valence-corrected chi connectivity index (χ4v) is 3.69. The van der Waals surface area contributed by atoms with Gasteiger partial charge in [0, 0.05) is 44.0 Å². The van der Waals surface area contributed by atoms with E-state index >= 15 is 0 Å². The van der Waals surface area contributed by atoms with Gasteiger partial charge in [0.15, 0.2) is 0 Å². The van der Waals surface area contributed by atoms with E-state index in [9.17, 15) is 9.59 Å². The zero-order valence-corrected chi connectivity index (χ0v) is 17.1. The zero-order valence-electron chi connectivity index (χ0n) is 17.1. The highest BCUT2D eigenvalue weighted by Gasteiger charge is 2.42. The van der Waals surface area contributed by atoms with Gasteiger partial charge in [-0.05, 0) is 39.3 Å². The fourth-order valence-electron chi connectivity index (χ4n) is 3.69. The highest BCUT2D eigenvalue weighted by atomic mass is 16.6. The van der Waals surface area contributed by atoms with Crippen LogP contribution in [0, 0.1) is 0 Å². The SMILES string of the molecule is CCOC(=O)C=C1CC2(CCN(C(=O)OC(C)(C)C)CC2)Oc2ccccc21. The Balaban J connectivity index is 1.77. The van der Waals surface area contributed by atoms with Crippen LogP contribution in [0.5, 0.6) is 5.75 Å². The number of carbonyl (C=O) groups is 2. The van der Waals surface area contributed by atoms with Crippen molar-refractivity contribution in [3.8, 4) is 5.75 Å². The Morgan fingerprint density at radius 1 is 1.21 bits per heavy atom. The van der Waals surface area contributed by atoms with E-state index in [4.69, 9.17) is 14.2 Å². The molecule has 3 rings (SSSR count). The van der Waals surface area contributed by atoms with Gasteiger partial charge in [-0.15, -0.1) is 0 Å². The Kier molecular flexibility index (Phi) is 5.68. The summed E-state index contributed by atoms with van der Waals surface area (Å²) in [4.78, 5) is 26.1. The van der Waals surface area contributed by atoms with Crippen LogP contribution < -0.4 is 4.74 Å². The molecule has 6 heteroatoms. The number of amides is 1. The molecule has 1 spiro atoms. The Morgan fingerprint density at radius 3 is 2.54 bits per heavy atom. The normalized spacial score (nSPS) is 19.7. The first-order chi connectivity index (χ1) is 13.2. The van der Waals surface area contributed by atoms with Gasteiger partial charge in [0.1, 0.15) is 17.0 Å². The van der Waals surface area contributed by atoms with Crippen molar-refractivity contribution >= 4 is 17.6 Å². The van der Waals surface area contributed by atoms with E-state index < -0.39 is 11.2 Å². The Hall–Kier alpha value is -2.50. The van der Waals surface area contributed by atoms with Crippen LogP contribution in [0.4, 0.5) is 4.79 Å². The van der Waals surface area contributed by atoms with Crippen molar-refractivity contribution in [2.24, 2.45) is 0 Å². The lowest BCUT2D eigenvalue weighted by atomic mass is 9.80. The summed E-state index contributed by atoms with van der Waals surface area (Å²) in [6.07, 6.45) is 3.26. The molecule has 1 fully saturated rings. The molecule has 2 heterocycles. The van der Waals surface area contributed by atoms with Crippen molar-refractivity contribution in [2.75, 3.05) is 19.7 Å². The molecular formula is C22H29NO5. The Morgan fingerprint density at radius 2 is 1.89 bits per heavy atom. The number of piperidine rings is 1. The molecule has 0 saturated carbocycles. The molecule has 0 aromatic heterocycles. The number of nitrogens with zero attached hydrogens (tertiary/aromatic N) is 1. The zero-order chi connectivity index (χ0) is 20.4. The first kappa shape index (κ1) is 20.2. The van der Waals surface area contributed by atoms with E-state index in [-0.39, 0.29) is 12.1 Å². The van der Waals surface area contributed by atoms with Crippen LogP contribution in [0.15, 0.2) is 30.3 Å². The summed E-state index contributed by atoms with van der Waals surface area (Å²) in [5, 5.41) is 0. The van der Waals surface area contributed by atoms with E-state index in [1.54, 1.807) is 17.9 Å². The molecule has 1 aromatic carbocycles. The average Bonchev–Trinajstić information content (AvgIpc) is 2.61. The molecule has 6 nitrogen and oxygen atoms in total. The molecule has 0 radical (unpaired) electrons. The first-order valence-corrected chi connectivity index (χ1v) is 9.85. The van der Waals surface area contributed by atoms with Crippen molar-refractivity contribution < 1.29 is 23.8 Å². The van der Waals surface area contributed by atoms with Crippen LogP contribution >= 0.6 is 0 Å². The molecule has 2 aliphatic rings. The van der Waals surface area contributed by atoms with Gasteiger partial charge in [-0.1, -0.05) is 18.2 Å². The van der Waals surface area contributed by atoms with Crippen molar-refractivity contribution in [2.45, 2.75) is 58.2 Å². The van der Waals surface area contributed by atoms with Gasteiger partial charge < -0.3 is 19.1 Å². The maximum Gasteiger partial charge on any atom is 0.410 e. The third kappa shape index (κ3) is 4.66. The van der Waals surface area contributed by atoms with Crippen LogP contribution in [-0.4, -0.2) is 47.9 Å². The monoisotopic (exact) mass is 387 g/mol. The number of benzene rings is 1. The van der Waals surface area contributed by atoms with Gasteiger partial charge in [0.2, 0.25) is 0 Å². The lowest BCUT2D eigenvalue weighted by Gasteiger charge is -2.45. The number of fused-ring (bicyclic) bond motifs is 1. The number of likely N-dealkylation sites (tertiary alicyclic amines) is 1. The fraction of sp³-hybridized carbons (Fsp3) is 0.545. The first-order valence-electron chi connectivity index (χ1n) is 9.85. The van der Waals surface area contributed by atoms with Crippen LogP contribution in [0.25, 0.3) is 5.57 Å². The highest BCUT2D eigenvalue weighted by Crippen LogP contribution is 2.44. The van der Waals surface area contributed by atoms with E-state index in [1.165, 1.54) is 0 Å². The van der Waals surface area contributed by atoms with Gasteiger partial charge in [-0.3, -0.25) is 0 Å². The topological polar surface area (TPSA) is 65.1 Å². The predicted molar refractivity (Wildman–Crippen MR) is 106 cm³/mol. The number of esters is 1. The lowest BCUT2D eigenvalue weighted by Crippen LogP contribution is -2.51. The second kappa shape index (κ2) is 7.86. The predicted octanol–water partition coefficient (Wildman–Crippen LogP) is 4.19. The van der Waals surface area contributed by atoms with Gasteiger partial charge in [0.05, 0.1) is 6.61 Å². The van der Waals surface area contributed by atoms with Gasteiger partial charge in [-0.2, -0.15) is 0 Å². The second-order valence-electron chi connectivity index (χ2n) is 8.35. The van der Waals surface area contributed by atoms with Crippen LogP contribution in [0.1, 0.15) is 52.5 Å². The van der Waals surface area contributed by atoms with Crippen molar-refractivity contribution in [1.29, 1.82) is 0 Å². The molecule has 152 valence electrons. The molecule has 0 aliphatic carbocycles. The summed E-state index contributed by atoms with van der Waals surface area (Å²) >= 11 is 0. The summed E-state index contributed by atoms with van der Waals surface area (Å²) in [7, 11) is 0. The summed E-state index contributed by atoms with van der Waals surface area (Å²) in [5.41, 5.74) is 0.912. The van der Waals surface area contributed by atoms with Crippen LogP contribution in [0.3, 0.4) is 0 Å². The largest absolute Gasteiger partial charge is 0.486 e. The van der Waals surface area contributed by atoms with Gasteiger partial charge in [-0.25, -0.2) is 9.59 Å². The third-order valence-electron chi connectivity index (χ3n) is 4.98. The van der Waals surface area contributed by atoms with Crippen LogP contribution in [0.2, 0.25) is 0 Å². The summed E-state index contributed by atoms with van der Waals surface area (Å²) in [6, 6.07) is 7.75. The van der Waals surface area contributed by atoms with Gasteiger partial charge in [0.25, 0.3) is 0 Å². The number of para-hydroxylation sites is 1. The van der Waals surface area contributed by atoms with E-state index in [0.717, 1.165) is 16.9 Å². The minimum absolute atomic E-state index is 0.291. The standard InChI is InChI=1S/C22H29NO5/c1-5-26-19(24)14-16-15-22(27-18-9-7-6-8-17(16)18)10-12-23(13-11-22)20(25)28-21(2,3)4/h6-9,14H,5,10-13,15H2,1-4H3. The maximum atomic E-state index is 12.4. The molecular weight excluding hydrogens is 358 g/mol. The molecule has 1 aromatic rings. The molecule has 1 amide bonds. The van der Waals surface area contributed by atoms with Crippen molar-refractivity contribution in [1.82, 2.24) is 4.90 Å². The molecule has 0 atom stereocenters. The minimum Gasteiger partial charge on any atom is -0.486 e. The smallest absolute Gasteiger partial charge is 0.410 e. The summed E-state index contributed by atoms with van der Waals surface area (Å²) < 4.78 is 17.0. The minimum atomic E-state index is -0.512. The third-order valence-corrected chi connectivity index (χ3v) is 4.98. The second-order valence-corrected chi connectivity index (χ2v) is 8.35. The molecule has 2 aliphatic heterocycles. The van der Waals surface area contributed by atoms with E-state index in [2.05, 4.69) is 0 Å². The quantitative estimate of drug-likeness (QED) is 0.562. The average molecular weight is 387 g/mol. The van der Waals surface area contributed by atoms with E-state index in [1.807, 2.05) is 45.0 Å². The number of hydrogen-bond acceptors (Lipinski definition) is 5. The van der Waals surface area contributed by atoms with Crippen molar-refractivity contribution in [3.05, 3.63) is 35.9 Å². The lowest BCUT2D eigenvalue weighted by molar-refractivity contribution is -0.137. The van der Waals surface area contributed by atoms with Gasteiger partial charge >= 0.3 is 12.1 Å². The number of hydrogen-bond donors (Lipinski definition) is 0. The van der Waals surface area contributed by atoms with E-state index in [0.29, 0.717) is 39.0 Å². The highest BCUT2D eigenvalue weighted by molar-refractivity contribution is 5.93. The van der Waals surface area contributed by atoms with Crippen LogP contribution in [-0.2, 0) is 14.3 Å². The Bertz CT molecular complexity index is 769. The molecule has 0 bridgehead atoms. The number of ether oxygens (including phenoxy) is 3. The summed E-state index contributed by atoms with van der Waals surface area (Å²) in [6.45, 7) is 8.85. The Labute approximate surface area is 166 Å². The number of carbonyl (C=O) groups excluding carboxylic acids is 2. The maximum absolute atomic E-state index is 12.4. The summed E-state index contributed by atoms with van der Waals surface area (Å²) in [5.74, 6) is 0.436.